The Morgan fingerprint density at radius 2 is 1.57 bits per heavy atom. The van der Waals surface area contributed by atoms with Gasteiger partial charge in [0, 0.05) is 12.9 Å². The van der Waals surface area contributed by atoms with Crippen molar-refractivity contribution in [3.05, 3.63) is 65.0 Å². The van der Waals surface area contributed by atoms with Gasteiger partial charge in [-0.1, -0.05) is 32.0 Å². The second-order valence-corrected chi connectivity index (χ2v) is 6.16. The third-order valence-corrected chi connectivity index (χ3v) is 4.17. The molecule has 30 heavy (non-hydrogen) atoms. The summed E-state index contributed by atoms with van der Waals surface area (Å²) in [6.45, 7) is 3.57. The van der Waals surface area contributed by atoms with Crippen LogP contribution in [0.1, 0.15) is 36.4 Å². The van der Waals surface area contributed by atoms with Crippen LogP contribution in [-0.2, 0) is 25.2 Å². The molecule has 11 heteroatoms. The monoisotopic (exact) mass is 432 g/mol. The zero-order valence-corrected chi connectivity index (χ0v) is 16.1. The summed E-state index contributed by atoms with van der Waals surface area (Å²) in [4.78, 5) is 4.18. The average Bonchev–Trinajstić information content (AvgIpc) is 2.98. The largest absolute Gasteiger partial charge is 0.459 e. The molecule has 0 bridgehead atoms. The predicted molar refractivity (Wildman–Crippen MR) is 101 cm³/mol. The van der Waals surface area contributed by atoms with Crippen LogP contribution in [0.2, 0.25) is 0 Å². The van der Waals surface area contributed by atoms with Crippen molar-refractivity contribution >= 4 is 18.2 Å². The molecule has 162 valence electrons. The van der Waals surface area contributed by atoms with E-state index < -0.39 is 42.7 Å². The summed E-state index contributed by atoms with van der Waals surface area (Å²) in [6.07, 6.45) is -10.3. The summed E-state index contributed by atoms with van der Waals surface area (Å²) in [5.74, 6) is 0.101. The van der Waals surface area contributed by atoms with Crippen LogP contribution in [0.25, 0.3) is 11.0 Å². The van der Waals surface area contributed by atoms with E-state index in [4.69, 9.17) is 0 Å². The van der Waals surface area contributed by atoms with Crippen molar-refractivity contribution in [1.29, 1.82) is 0 Å². The number of nitrogens with zero attached hydrogens (tertiary/aromatic N) is 2. The number of fused-ring (bicyclic) bond motifs is 1. The van der Waals surface area contributed by atoms with Crippen molar-refractivity contribution in [3.8, 4) is 0 Å². The van der Waals surface area contributed by atoms with Gasteiger partial charge in [0.2, 0.25) is 0 Å². The molecule has 0 aliphatic carbocycles. The highest BCUT2D eigenvalue weighted by Gasteiger charge is 2.38. The Kier molecular flexibility index (Phi) is 7.20. The van der Waals surface area contributed by atoms with Gasteiger partial charge in [0.25, 0.3) is 0 Å². The Labute approximate surface area is 168 Å². The predicted octanol–water partition coefficient (Wildman–Crippen LogP) is 4.70. The fourth-order valence-electron chi connectivity index (χ4n) is 2.95. The zero-order chi connectivity index (χ0) is 22.7. The van der Waals surface area contributed by atoms with Crippen LogP contribution in [0, 0.1) is 0 Å². The van der Waals surface area contributed by atoms with E-state index in [0.717, 1.165) is 6.07 Å². The minimum atomic E-state index is -5.00. The zero-order valence-electron chi connectivity index (χ0n) is 16.1. The number of rotatable bonds is 4. The molecule has 0 saturated heterocycles. The Morgan fingerprint density at radius 3 is 2.13 bits per heavy atom. The van der Waals surface area contributed by atoms with Gasteiger partial charge < -0.3 is 14.6 Å². The van der Waals surface area contributed by atoms with E-state index in [-0.39, 0.29) is 18.2 Å². The lowest BCUT2D eigenvalue weighted by atomic mass is 9.86. The fraction of sp³-hybridized carbons (Fsp3) is 0.316. The van der Waals surface area contributed by atoms with Crippen LogP contribution < -0.4 is 0 Å². The van der Waals surface area contributed by atoms with E-state index in [0.29, 0.717) is 17.1 Å². The molecule has 2 N–H and O–H groups in total. The van der Waals surface area contributed by atoms with E-state index in [1.54, 1.807) is 24.3 Å². The molecule has 0 amide bonds. The number of hydrogen-bond acceptors (Lipinski definition) is 3. The number of hydrogen-bond donors (Lipinski definition) is 2. The topological polar surface area (TPSA) is 58.3 Å². The number of imidazole rings is 1. The van der Waals surface area contributed by atoms with Gasteiger partial charge in [-0.05, 0) is 29.8 Å². The Balaban J connectivity index is 0.00000155. The maximum atomic E-state index is 13.4. The number of halogens is 6. The molecular weight excluding hydrogens is 413 g/mol. The molecule has 0 fully saturated rings. The molecule has 0 atom stereocenters. The summed E-state index contributed by atoms with van der Waals surface area (Å²) in [5.41, 5.74) is -2.36. The van der Waals surface area contributed by atoms with E-state index in [2.05, 4.69) is 4.98 Å². The first-order valence-electron chi connectivity index (χ1n) is 9.04. The molecule has 1 aromatic heterocycles. The van der Waals surface area contributed by atoms with E-state index in [1.807, 2.05) is 13.8 Å². The number of para-hydroxylation sites is 2. The molecule has 2 aromatic carbocycles. The minimum absolute atomic E-state index is 0.0784. The third kappa shape index (κ3) is 5.34. The summed E-state index contributed by atoms with van der Waals surface area (Å²) >= 11 is 0. The minimum Gasteiger partial charge on any atom is -0.427 e. The third-order valence-electron chi connectivity index (χ3n) is 4.17. The van der Waals surface area contributed by atoms with Crippen molar-refractivity contribution in [1.82, 2.24) is 9.55 Å². The van der Waals surface area contributed by atoms with Crippen LogP contribution in [0.15, 0.2) is 42.5 Å². The average molecular weight is 432 g/mol. The smallest absolute Gasteiger partial charge is 0.427 e. The molecule has 3 aromatic rings. The molecule has 0 spiro atoms. The maximum absolute atomic E-state index is 13.4. The quantitative estimate of drug-likeness (QED) is 0.464. The van der Waals surface area contributed by atoms with Gasteiger partial charge in [0.05, 0.1) is 22.2 Å². The second-order valence-electron chi connectivity index (χ2n) is 6.16. The van der Waals surface area contributed by atoms with Gasteiger partial charge in [-0.15, -0.1) is 0 Å². The van der Waals surface area contributed by atoms with Crippen molar-refractivity contribution in [3.63, 3.8) is 0 Å². The van der Waals surface area contributed by atoms with Gasteiger partial charge in [-0.2, -0.15) is 26.3 Å². The van der Waals surface area contributed by atoms with Crippen molar-refractivity contribution in [2.45, 2.75) is 39.1 Å². The van der Waals surface area contributed by atoms with Crippen LogP contribution in [0.5, 0.6) is 0 Å². The number of aromatic nitrogens is 2. The Morgan fingerprint density at radius 1 is 0.933 bits per heavy atom. The molecule has 3 rings (SSSR count). The highest BCUT2D eigenvalue weighted by atomic mass is 19.4. The summed E-state index contributed by atoms with van der Waals surface area (Å²) in [7, 11) is -1.79. The lowest BCUT2D eigenvalue weighted by Crippen LogP contribution is -2.20. The van der Waals surface area contributed by atoms with Gasteiger partial charge in [0.15, 0.2) is 0 Å². The highest BCUT2D eigenvalue weighted by molar-refractivity contribution is 6.40. The molecular formula is C19H19BF6N2O2. The van der Waals surface area contributed by atoms with E-state index in [9.17, 15) is 36.4 Å². The van der Waals surface area contributed by atoms with Crippen molar-refractivity contribution in [2.75, 3.05) is 0 Å². The Bertz CT molecular complexity index is 999. The first-order chi connectivity index (χ1) is 14.0. The normalized spacial score (nSPS) is 11.9. The molecule has 4 nitrogen and oxygen atoms in total. The molecule has 0 unspecified atom stereocenters. The van der Waals surface area contributed by atoms with Gasteiger partial charge in [0.1, 0.15) is 5.82 Å². The van der Waals surface area contributed by atoms with Gasteiger partial charge >= 0.3 is 19.5 Å². The van der Waals surface area contributed by atoms with Gasteiger partial charge in [-0.25, -0.2) is 4.98 Å². The lowest BCUT2D eigenvalue weighted by molar-refractivity contribution is -0.143. The first-order valence-corrected chi connectivity index (χ1v) is 9.04. The molecule has 0 aliphatic heterocycles. The molecule has 0 radical (unpaired) electrons. The SMILES string of the molecule is CC.OB(O)Cc1nc2ccccc2n1Cc1ccc(C(F)(F)F)cc1C(F)(F)F. The number of alkyl halides is 6. The van der Waals surface area contributed by atoms with Crippen molar-refractivity contribution in [2.24, 2.45) is 0 Å². The molecule has 0 saturated carbocycles. The van der Waals surface area contributed by atoms with Gasteiger partial charge in [-0.3, -0.25) is 0 Å². The fourth-order valence-corrected chi connectivity index (χ4v) is 2.95. The van der Waals surface area contributed by atoms with Crippen LogP contribution >= 0.6 is 0 Å². The van der Waals surface area contributed by atoms with Crippen LogP contribution in [0.4, 0.5) is 26.3 Å². The van der Waals surface area contributed by atoms with E-state index in [1.165, 1.54) is 4.57 Å². The van der Waals surface area contributed by atoms with Crippen molar-refractivity contribution < 1.29 is 36.4 Å². The molecule has 1 heterocycles. The lowest BCUT2D eigenvalue weighted by Gasteiger charge is -2.17. The van der Waals surface area contributed by atoms with Crippen LogP contribution in [0.3, 0.4) is 0 Å². The number of benzene rings is 2. The molecule has 0 aliphatic rings. The highest BCUT2D eigenvalue weighted by Crippen LogP contribution is 2.38. The summed E-state index contributed by atoms with van der Waals surface area (Å²) in [6, 6.07) is 7.89. The maximum Gasteiger partial charge on any atom is 0.459 e. The summed E-state index contributed by atoms with van der Waals surface area (Å²) in [5, 5.41) is 18.5. The second kappa shape index (κ2) is 9.09. The first kappa shape index (κ1) is 23.8. The summed E-state index contributed by atoms with van der Waals surface area (Å²) < 4.78 is 80.0. The standard InChI is InChI=1S/C17H13BF6N2O2.C2H6/c19-16(20,21)11-6-5-10(12(7-11)17(22,23)24)9-26-14-4-2-1-3-13(14)25-15(26)8-18(27)28;1-2/h1-7,27-28H,8-9H2;1-2H3. The van der Waals surface area contributed by atoms with Crippen LogP contribution in [-0.4, -0.2) is 26.7 Å². The van der Waals surface area contributed by atoms with E-state index >= 15 is 0 Å². The Hall–Kier alpha value is -2.53.